The van der Waals surface area contributed by atoms with Crippen molar-refractivity contribution in [1.29, 1.82) is 0 Å². The van der Waals surface area contributed by atoms with Crippen molar-refractivity contribution < 1.29 is 19.1 Å². The lowest BCUT2D eigenvalue weighted by atomic mass is 10.2. The molecule has 2 heterocycles. The number of morpholine rings is 1. The molecule has 0 aliphatic carbocycles. The fourth-order valence-electron chi connectivity index (χ4n) is 3.32. The van der Waals surface area contributed by atoms with Crippen molar-refractivity contribution in [2.24, 2.45) is 0 Å². The van der Waals surface area contributed by atoms with Gasteiger partial charge in [0.25, 0.3) is 5.91 Å². The van der Waals surface area contributed by atoms with Gasteiger partial charge in [-0.2, -0.15) is 0 Å². The summed E-state index contributed by atoms with van der Waals surface area (Å²) < 4.78 is 10.5. The van der Waals surface area contributed by atoms with Crippen LogP contribution in [0.4, 0.5) is 5.69 Å². The van der Waals surface area contributed by atoms with Crippen molar-refractivity contribution in [1.82, 2.24) is 4.90 Å². The second-order valence-corrected chi connectivity index (χ2v) is 7.82. The summed E-state index contributed by atoms with van der Waals surface area (Å²) in [5, 5.41) is 0. The predicted octanol–water partition coefficient (Wildman–Crippen LogP) is 3.03. The molecule has 0 radical (unpaired) electrons. The molecule has 150 valence electrons. The molecule has 6 nitrogen and oxygen atoms in total. The molecule has 0 spiro atoms. The fraction of sp³-hybridized carbons (Fsp3) is 0.273. The van der Waals surface area contributed by atoms with Gasteiger partial charge in [0.2, 0.25) is 5.91 Å². The Bertz CT molecular complexity index is 936. The summed E-state index contributed by atoms with van der Waals surface area (Å²) in [6.07, 6.45) is 1.86. The number of amides is 2. The Labute approximate surface area is 174 Å². The van der Waals surface area contributed by atoms with Gasteiger partial charge in [0.1, 0.15) is 12.3 Å². The van der Waals surface area contributed by atoms with Gasteiger partial charge in [0.05, 0.1) is 30.9 Å². The maximum Gasteiger partial charge on any atom is 0.265 e. The summed E-state index contributed by atoms with van der Waals surface area (Å²) in [6, 6.07) is 15.2. The molecule has 2 aromatic carbocycles. The number of carbonyl (C=O) groups is 2. The number of benzene rings is 2. The maximum absolute atomic E-state index is 13.3. The van der Waals surface area contributed by atoms with Crippen molar-refractivity contribution >= 4 is 35.3 Å². The van der Waals surface area contributed by atoms with E-state index in [9.17, 15) is 9.59 Å². The molecule has 4 rings (SSSR count). The number of fused-ring (bicyclic) bond motifs is 1. The molecule has 7 heteroatoms. The van der Waals surface area contributed by atoms with E-state index in [0.29, 0.717) is 31.2 Å². The van der Waals surface area contributed by atoms with Crippen LogP contribution in [0.1, 0.15) is 5.56 Å². The molecule has 0 bridgehead atoms. The van der Waals surface area contributed by atoms with Crippen LogP contribution in [-0.2, 0) is 14.3 Å². The number of hydrogen-bond donors (Lipinski definition) is 0. The number of hydrogen-bond acceptors (Lipinski definition) is 5. The molecule has 0 aromatic heterocycles. The van der Waals surface area contributed by atoms with E-state index in [-0.39, 0.29) is 18.4 Å². The van der Waals surface area contributed by atoms with Gasteiger partial charge in [-0.25, -0.2) is 0 Å². The van der Waals surface area contributed by atoms with Gasteiger partial charge in [-0.05, 0) is 35.9 Å². The molecule has 2 amide bonds. The summed E-state index contributed by atoms with van der Waals surface area (Å²) in [5.41, 5.74) is 1.68. The molecule has 1 saturated heterocycles. The zero-order valence-corrected chi connectivity index (χ0v) is 17.0. The normalized spacial score (nSPS) is 18.0. The van der Waals surface area contributed by atoms with Crippen LogP contribution >= 0.6 is 11.8 Å². The highest BCUT2D eigenvalue weighted by Crippen LogP contribution is 2.42. The molecule has 0 saturated carbocycles. The Morgan fingerprint density at radius 1 is 1.14 bits per heavy atom. The van der Waals surface area contributed by atoms with Crippen LogP contribution in [0.25, 0.3) is 6.08 Å². The van der Waals surface area contributed by atoms with Crippen molar-refractivity contribution in [3.8, 4) is 5.75 Å². The van der Waals surface area contributed by atoms with Gasteiger partial charge in [-0.3, -0.25) is 14.5 Å². The van der Waals surface area contributed by atoms with Gasteiger partial charge in [0, 0.05) is 18.0 Å². The molecular formula is C22H22N2O4S. The number of nitrogens with zero attached hydrogens (tertiary/aromatic N) is 2. The molecular weight excluding hydrogens is 388 g/mol. The Kier molecular flexibility index (Phi) is 5.87. The topological polar surface area (TPSA) is 59.1 Å². The monoisotopic (exact) mass is 410 g/mol. The largest absolute Gasteiger partial charge is 0.497 e. The second-order valence-electron chi connectivity index (χ2n) is 6.74. The number of carbonyl (C=O) groups excluding carboxylic acids is 2. The van der Waals surface area contributed by atoms with Crippen LogP contribution in [0, 0.1) is 0 Å². The first-order valence-electron chi connectivity index (χ1n) is 9.46. The maximum atomic E-state index is 13.3. The molecule has 0 atom stereocenters. The SMILES string of the molecule is COc1ccc(C=C2Sc3ccccc3N(CC(=O)N3CCOCC3)C2=O)cc1. The quantitative estimate of drug-likeness (QED) is 0.725. The van der Waals surface area contributed by atoms with E-state index < -0.39 is 0 Å². The first-order chi connectivity index (χ1) is 14.2. The predicted molar refractivity (Wildman–Crippen MR) is 113 cm³/mol. The number of methoxy groups -OCH3 is 1. The Balaban J connectivity index is 1.61. The average molecular weight is 410 g/mol. The van der Waals surface area contributed by atoms with E-state index >= 15 is 0 Å². The van der Waals surface area contributed by atoms with Gasteiger partial charge in [-0.15, -0.1) is 0 Å². The summed E-state index contributed by atoms with van der Waals surface area (Å²) in [6.45, 7) is 2.22. The summed E-state index contributed by atoms with van der Waals surface area (Å²) in [7, 11) is 1.62. The number of rotatable bonds is 4. The molecule has 2 aliphatic heterocycles. The zero-order chi connectivity index (χ0) is 20.2. The van der Waals surface area contributed by atoms with Gasteiger partial charge in [0.15, 0.2) is 0 Å². The Hall–Kier alpha value is -2.77. The third-order valence-corrected chi connectivity index (χ3v) is 5.98. The fourth-order valence-corrected chi connectivity index (χ4v) is 4.38. The van der Waals surface area contributed by atoms with Crippen molar-refractivity contribution in [2.45, 2.75) is 4.90 Å². The minimum Gasteiger partial charge on any atom is -0.497 e. The summed E-state index contributed by atoms with van der Waals surface area (Å²) in [4.78, 5) is 30.9. The van der Waals surface area contributed by atoms with Gasteiger partial charge < -0.3 is 14.4 Å². The van der Waals surface area contributed by atoms with E-state index in [0.717, 1.165) is 21.9 Å². The van der Waals surface area contributed by atoms with E-state index in [1.807, 2.05) is 54.6 Å². The van der Waals surface area contributed by atoms with Gasteiger partial charge in [-0.1, -0.05) is 36.0 Å². The minimum atomic E-state index is -0.161. The third-order valence-electron chi connectivity index (χ3n) is 4.90. The third kappa shape index (κ3) is 4.31. The highest BCUT2D eigenvalue weighted by Gasteiger charge is 2.31. The molecule has 0 unspecified atom stereocenters. The number of thioether (sulfide) groups is 1. The summed E-state index contributed by atoms with van der Waals surface area (Å²) in [5.74, 6) is 0.538. The zero-order valence-electron chi connectivity index (χ0n) is 16.2. The smallest absolute Gasteiger partial charge is 0.265 e. The van der Waals surface area contributed by atoms with Gasteiger partial charge >= 0.3 is 0 Å². The molecule has 29 heavy (non-hydrogen) atoms. The van der Waals surface area contributed by atoms with Crippen LogP contribution in [0.5, 0.6) is 5.75 Å². The Morgan fingerprint density at radius 2 is 1.86 bits per heavy atom. The highest BCUT2D eigenvalue weighted by atomic mass is 32.2. The van der Waals surface area contributed by atoms with Crippen LogP contribution in [0.3, 0.4) is 0 Å². The second kappa shape index (κ2) is 8.71. The van der Waals surface area contributed by atoms with Crippen LogP contribution in [-0.4, -0.2) is 56.7 Å². The first-order valence-corrected chi connectivity index (χ1v) is 10.3. The minimum absolute atomic E-state index is 0.0242. The van der Waals surface area contributed by atoms with E-state index in [1.165, 1.54) is 11.8 Å². The van der Waals surface area contributed by atoms with E-state index in [1.54, 1.807) is 16.9 Å². The van der Waals surface area contributed by atoms with Crippen LogP contribution < -0.4 is 9.64 Å². The molecule has 1 fully saturated rings. The van der Waals surface area contributed by atoms with Crippen molar-refractivity contribution in [2.75, 3.05) is 44.9 Å². The molecule has 0 N–H and O–H groups in total. The lowest BCUT2D eigenvalue weighted by Gasteiger charge is -2.33. The van der Waals surface area contributed by atoms with E-state index in [2.05, 4.69) is 0 Å². The average Bonchev–Trinajstić information content (AvgIpc) is 2.77. The number of para-hydroxylation sites is 1. The molecule has 2 aliphatic rings. The number of anilines is 1. The first kappa shape index (κ1) is 19.5. The van der Waals surface area contributed by atoms with Crippen LogP contribution in [0.2, 0.25) is 0 Å². The standard InChI is InChI=1S/C22H22N2O4S/c1-27-17-8-6-16(7-9-17)14-20-22(26)24(18-4-2-3-5-19(18)29-20)15-21(25)23-10-12-28-13-11-23/h2-9,14H,10-13,15H2,1H3. The highest BCUT2D eigenvalue weighted by molar-refractivity contribution is 8.04. The molecule has 2 aromatic rings. The van der Waals surface area contributed by atoms with E-state index in [4.69, 9.17) is 9.47 Å². The lowest BCUT2D eigenvalue weighted by Crippen LogP contribution is -2.48. The van der Waals surface area contributed by atoms with Crippen molar-refractivity contribution in [3.63, 3.8) is 0 Å². The van der Waals surface area contributed by atoms with Crippen LogP contribution in [0.15, 0.2) is 58.3 Å². The number of ether oxygens (including phenoxy) is 2. The van der Waals surface area contributed by atoms with Crippen molar-refractivity contribution in [3.05, 3.63) is 59.0 Å². The lowest BCUT2D eigenvalue weighted by molar-refractivity contribution is -0.134. The Morgan fingerprint density at radius 3 is 2.59 bits per heavy atom. The summed E-state index contributed by atoms with van der Waals surface area (Å²) >= 11 is 1.43.